The standard InChI is InChI=1S/C18H29BN2S/c1-14-9-15(5-7-19)3-4-17(14)10-16-11-20(12-16)18-6-8-21(13-18)22-2/h3-4,9,16,18H,5-8,10-13,19H2,1-2H3. The molecule has 0 bridgehead atoms. The van der Waals surface area contributed by atoms with Crippen LogP contribution in [-0.4, -0.2) is 55.5 Å². The van der Waals surface area contributed by atoms with Crippen molar-refractivity contribution in [3.63, 3.8) is 0 Å². The fraction of sp³-hybridized carbons (Fsp3) is 0.667. The fourth-order valence-corrected chi connectivity index (χ4v) is 4.56. The quantitative estimate of drug-likeness (QED) is 0.588. The van der Waals surface area contributed by atoms with Crippen molar-refractivity contribution < 1.29 is 0 Å². The maximum atomic E-state index is 2.71. The van der Waals surface area contributed by atoms with Crippen LogP contribution in [0.4, 0.5) is 0 Å². The molecular formula is C18H29BN2S. The van der Waals surface area contributed by atoms with Gasteiger partial charge in [0.1, 0.15) is 7.85 Å². The minimum Gasteiger partial charge on any atom is -0.298 e. The maximum Gasteiger partial charge on any atom is 0.101 e. The van der Waals surface area contributed by atoms with Crippen molar-refractivity contribution in [2.24, 2.45) is 5.92 Å². The molecule has 2 aliphatic heterocycles. The van der Waals surface area contributed by atoms with Gasteiger partial charge in [0, 0.05) is 32.2 Å². The van der Waals surface area contributed by atoms with Gasteiger partial charge in [-0.3, -0.25) is 4.90 Å². The minimum absolute atomic E-state index is 0.816. The molecule has 2 heterocycles. The first-order valence-corrected chi connectivity index (χ1v) is 9.99. The van der Waals surface area contributed by atoms with Gasteiger partial charge in [0.15, 0.2) is 0 Å². The lowest BCUT2D eigenvalue weighted by atomic mass is 9.87. The second kappa shape index (κ2) is 7.42. The lowest BCUT2D eigenvalue weighted by Gasteiger charge is -2.43. The average molecular weight is 316 g/mol. The Morgan fingerprint density at radius 2 is 2.09 bits per heavy atom. The first-order valence-electron chi connectivity index (χ1n) is 8.81. The van der Waals surface area contributed by atoms with Crippen molar-refractivity contribution in [2.45, 2.75) is 38.5 Å². The Hall–Kier alpha value is -0.445. The van der Waals surface area contributed by atoms with E-state index >= 15 is 0 Å². The number of nitrogens with zero attached hydrogens (tertiary/aromatic N) is 2. The van der Waals surface area contributed by atoms with Gasteiger partial charge in [-0.25, -0.2) is 4.31 Å². The van der Waals surface area contributed by atoms with Gasteiger partial charge in [-0.05, 0) is 55.1 Å². The summed E-state index contributed by atoms with van der Waals surface area (Å²) in [5, 5.41) is 0. The molecule has 1 atom stereocenters. The first-order chi connectivity index (χ1) is 10.7. The highest BCUT2D eigenvalue weighted by Gasteiger charge is 2.35. The highest BCUT2D eigenvalue weighted by Crippen LogP contribution is 2.29. The van der Waals surface area contributed by atoms with Crippen LogP contribution in [0.5, 0.6) is 0 Å². The molecule has 2 aliphatic rings. The van der Waals surface area contributed by atoms with E-state index in [0.29, 0.717) is 0 Å². The molecule has 0 aromatic heterocycles. The third-order valence-electron chi connectivity index (χ3n) is 5.34. The Bertz CT molecular complexity index is 502. The summed E-state index contributed by atoms with van der Waals surface area (Å²) in [7, 11) is 2.26. The Morgan fingerprint density at radius 1 is 1.27 bits per heavy atom. The van der Waals surface area contributed by atoms with Crippen LogP contribution >= 0.6 is 11.9 Å². The summed E-state index contributed by atoms with van der Waals surface area (Å²) in [6.07, 6.45) is 7.29. The number of hydrogen-bond acceptors (Lipinski definition) is 3. The van der Waals surface area contributed by atoms with Crippen LogP contribution in [0.3, 0.4) is 0 Å². The van der Waals surface area contributed by atoms with Crippen LogP contribution in [0, 0.1) is 12.8 Å². The van der Waals surface area contributed by atoms with Crippen LogP contribution in [0.15, 0.2) is 18.2 Å². The third kappa shape index (κ3) is 3.72. The number of rotatable bonds is 6. The molecular weight excluding hydrogens is 287 g/mol. The van der Waals surface area contributed by atoms with Crippen molar-refractivity contribution in [3.05, 3.63) is 34.9 Å². The topological polar surface area (TPSA) is 6.48 Å². The van der Waals surface area contributed by atoms with E-state index in [9.17, 15) is 0 Å². The lowest BCUT2D eigenvalue weighted by Crippen LogP contribution is -2.53. The molecule has 0 saturated carbocycles. The zero-order valence-electron chi connectivity index (χ0n) is 14.3. The van der Waals surface area contributed by atoms with Crippen LogP contribution < -0.4 is 0 Å². The van der Waals surface area contributed by atoms with Gasteiger partial charge in [-0.2, -0.15) is 0 Å². The van der Waals surface area contributed by atoms with Gasteiger partial charge in [-0.1, -0.05) is 36.5 Å². The molecule has 0 aliphatic carbocycles. The SMILES string of the molecule is BCCc1ccc(CC2CN(C3CCN(SC)C3)C2)c(C)c1. The van der Waals surface area contributed by atoms with Crippen molar-refractivity contribution in [3.8, 4) is 0 Å². The van der Waals surface area contributed by atoms with E-state index < -0.39 is 0 Å². The Morgan fingerprint density at radius 3 is 2.73 bits per heavy atom. The fourth-order valence-electron chi connectivity index (χ4n) is 3.95. The second-order valence-corrected chi connectivity index (χ2v) is 7.93. The summed E-state index contributed by atoms with van der Waals surface area (Å²) in [6, 6.07) is 7.95. The van der Waals surface area contributed by atoms with Crippen LogP contribution in [-0.2, 0) is 12.8 Å². The molecule has 22 heavy (non-hydrogen) atoms. The highest BCUT2D eigenvalue weighted by molar-refractivity contribution is 7.96. The number of likely N-dealkylation sites (tertiary alicyclic amines) is 1. The molecule has 120 valence electrons. The Kier molecular flexibility index (Phi) is 5.53. The Labute approximate surface area is 141 Å². The van der Waals surface area contributed by atoms with Crippen LogP contribution in [0.1, 0.15) is 23.1 Å². The monoisotopic (exact) mass is 316 g/mol. The number of aryl methyl sites for hydroxylation is 2. The summed E-state index contributed by atoms with van der Waals surface area (Å²) in [4.78, 5) is 2.71. The van der Waals surface area contributed by atoms with Gasteiger partial charge in [0.25, 0.3) is 0 Å². The first kappa shape index (κ1) is 16.4. The molecule has 2 nitrogen and oxygen atoms in total. The zero-order chi connectivity index (χ0) is 15.5. The zero-order valence-corrected chi connectivity index (χ0v) is 15.2. The van der Waals surface area contributed by atoms with Gasteiger partial charge in [0.05, 0.1) is 0 Å². The normalized spacial score (nSPS) is 23.8. The maximum absolute atomic E-state index is 2.71. The van der Waals surface area contributed by atoms with Gasteiger partial charge in [0.2, 0.25) is 0 Å². The largest absolute Gasteiger partial charge is 0.298 e. The molecule has 2 saturated heterocycles. The molecule has 1 unspecified atom stereocenters. The summed E-state index contributed by atoms with van der Waals surface area (Å²) in [6.45, 7) is 7.44. The molecule has 0 amide bonds. The molecule has 3 rings (SSSR count). The lowest BCUT2D eigenvalue weighted by molar-refractivity contribution is 0.0590. The van der Waals surface area contributed by atoms with E-state index in [0.717, 1.165) is 12.0 Å². The van der Waals surface area contributed by atoms with Crippen LogP contribution in [0.2, 0.25) is 6.32 Å². The number of hydrogen-bond donors (Lipinski definition) is 0. The summed E-state index contributed by atoms with van der Waals surface area (Å²) < 4.78 is 2.51. The van der Waals surface area contributed by atoms with E-state index in [1.807, 2.05) is 11.9 Å². The predicted molar refractivity (Wildman–Crippen MR) is 100 cm³/mol. The van der Waals surface area contributed by atoms with Gasteiger partial charge < -0.3 is 0 Å². The van der Waals surface area contributed by atoms with E-state index in [2.05, 4.69) is 48.4 Å². The van der Waals surface area contributed by atoms with E-state index in [1.165, 1.54) is 62.9 Å². The van der Waals surface area contributed by atoms with Crippen molar-refractivity contribution in [2.75, 3.05) is 32.4 Å². The van der Waals surface area contributed by atoms with Crippen molar-refractivity contribution in [1.82, 2.24) is 9.21 Å². The molecule has 0 radical (unpaired) electrons. The third-order valence-corrected chi connectivity index (χ3v) is 6.19. The van der Waals surface area contributed by atoms with Crippen molar-refractivity contribution in [1.29, 1.82) is 0 Å². The molecule has 0 spiro atoms. The predicted octanol–water partition coefficient (Wildman–Crippen LogP) is 2.42. The summed E-state index contributed by atoms with van der Waals surface area (Å²) in [5.74, 6) is 0.874. The molecule has 1 aromatic rings. The van der Waals surface area contributed by atoms with E-state index in [1.54, 1.807) is 5.56 Å². The molecule has 0 N–H and O–H groups in total. The highest BCUT2D eigenvalue weighted by atomic mass is 32.2. The number of benzene rings is 1. The summed E-state index contributed by atoms with van der Waals surface area (Å²) in [5.41, 5.74) is 4.57. The molecule has 1 aromatic carbocycles. The van der Waals surface area contributed by atoms with E-state index in [4.69, 9.17) is 0 Å². The average Bonchev–Trinajstić information content (AvgIpc) is 2.93. The van der Waals surface area contributed by atoms with Crippen molar-refractivity contribution >= 4 is 19.8 Å². The van der Waals surface area contributed by atoms with Crippen LogP contribution in [0.25, 0.3) is 0 Å². The van der Waals surface area contributed by atoms with E-state index in [-0.39, 0.29) is 0 Å². The van der Waals surface area contributed by atoms with Gasteiger partial charge >= 0.3 is 0 Å². The van der Waals surface area contributed by atoms with Gasteiger partial charge in [-0.15, -0.1) is 0 Å². The molecule has 4 heteroatoms. The Balaban J connectivity index is 1.48. The smallest absolute Gasteiger partial charge is 0.101 e. The molecule has 2 fully saturated rings. The second-order valence-electron chi connectivity index (χ2n) is 7.05. The minimum atomic E-state index is 0.816. The summed E-state index contributed by atoms with van der Waals surface area (Å²) >= 11 is 1.91.